The van der Waals surface area contributed by atoms with E-state index in [1.165, 1.54) is 6.07 Å². The second kappa shape index (κ2) is 8.63. The molecule has 1 unspecified atom stereocenters. The van der Waals surface area contributed by atoms with Gasteiger partial charge in [-0.25, -0.2) is 9.37 Å². The van der Waals surface area contributed by atoms with Crippen molar-refractivity contribution < 1.29 is 9.60 Å². The van der Waals surface area contributed by atoms with Crippen molar-refractivity contribution in [3.05, 3.63) is 98.5 Å². The van der Waals surface area contributed by atoms with Crippen LogP contribution in [0.1, 0.15) is 34.6 Å². The highest BCUT2D eigenvalue weighted by Crippen LogP contribution is 2.33. The van der Waals surface area contributed by atoms with Crippen LogP contribution in [0.5, 0.6) is 0 Å². The van der Waals surface area contributed by atoms with Gasteiger partial charge in [-0.2, -0.15) is 0 Å². The summed E-state index contributed by atoms with van der Waals surface area (Å²) >= 11 is 9.36. The van der Waals surface area contributed by atoms with Crippen LogP contribution < -0.4 is 0 Å². The van der Waals surface area contributed by atoms with Crippen molar-refractivity contribution in [1.82, 2.24) is 4.98 Å². The minimum Gasteiger partial charge on any atom is -0.411 e. The van der Waals surface area contributed by atoms with Gasteiger partial charge < -0.3 is 5.21 Å². The number of hydrogen-bond donors (Lipinski definition) is 1. The Morgan fingerprint density at radius 2 is 1.93 bits per heavy atom. The zero-order valence-electron chi connectivity index (χ0n) is 14.5. The number of halogens is 3. The molecule has 0 radical (unpaired) electrons. The molecule has 0 saturated carbocycles. The van der Waals surface area contributed by atoms with Gasteiger partial charge in [-0.05, 0) is 41.8 Å². The Bertz CT molecular complexity index is 976. The van der Waals surface area contributed by atoms with E-state index < -0.39 is 5.82 Å². The van der Waals surface area contributed by atoms with Crippen LogP contribution in [0, 0.1) is 12.7 Å². The number of hydrogen-bond acceptors (Lipinski definition) is 3. The summed E-state index contributed by atoms with van der Waals surface area (Å²) in [6.07, 6.45) is 1.34. The molecule has 1 atom stereocenters. The van der Waals surface area contributed by atoms with Gasteiger partial charge in [-0.3, -0.25) is 0 Å². The quantitative estimate of drug-likeness (QED) is 0.214. The summed E-state index contributed by atoms with van der Waals surface area (Å²) in [5, 5.41) is 13.1. The molecule has 1 aromatic heterocycles. The van der Waals surface area contributed by atoms with Crippen molar-refractivity contribution in [3.63, 3.8) is 0 Å². The van der Waals surface area contributed by atoms with Crippen LogP contribution in [0.2, 0.25) is 5.15 Å². The van der Waals surface area contributed by atoms with Crippen molar-refractivity contribution in [3.8, 4) is 0 Å². The predicted octanol–water partition coefficient (Wildman–Crippen LogP) is 6.35. The normalized spacial score (nSPS) is 12.8. The van der Waals surface area contributed by atoms with Crippen LogP contribution in [0.15, 0.2) is 70.4 Å². The van der Waals surface area contributed by atoms with Gasteiger partial charge in [0.05, 0.1) is 11.9 Å². The van der Waals surface area contributed by atoms with Gasteiger partial charge in [0, 0.05) is 22.4 Å². The van der Waals surface area contributed by atoms with Crippen LogP contribution in [-0.4, -0.2) is 15.9 Å². The molecular weight excluding hydrogens is 431 g/mol. The topological polar surface area (TPSA) is 45.5 Å². The Hall–Kier alpha value is -2.24. The second-order valence-electron chi connectivity index (χ2n) is 6.20. The Kier molecular flexibility index (Phi) is 6.24. The maximum Gasteiger partial charge on any atom is 0.150 e. The number of aryl methyl sites for hydroxylation is 1. The van der Waals surface area contributed by atoms with E-state index in [1.807, 2.05) is 55.5 Å². The largest absolute Gasteiger partial charge is 0.411 e. The highest BCUT2D eigenvalue weighted by molar-refractivity contribution is 9.10. The van der Waals surface area contributed by atoms with Crippen molar-refractivity contribution in [2.45, 2.75) is 19.3 Å². The van der Waals surface area contributed by atoms with Gasteiger partial charge >= 0.3 is 0 Å². The van der Waals surface area contributed by atoms with E-state index in [9.17, 15) is 9.60 Å². The highest BCUT2D eigenvalue weighted by atomic mass is 79.9. The summed E-state index contributed by atoms with van der Waals surface area (Å²) in [4.78, 5) is 3.72. The van der Waals surface area contributed by atoms with E-state index in [1.54, 1.807) is 0 Å². The van der Waals surface area contributed by atoms with Crippen molar-refractivity contribution in [2.75, 3.05) is 0 Å². The van der Waals surface area contributed by atoms with Crippen LogP contribution in [0.25, 0.3) is 0 Å². The van der Waals surface area contributed by atoms with Gasteiger partial charge in [0.1, 0.15) is 5.15 Å². The zero-order chi connectivity index (χ0) is 19.4. The lowest BCUT2D eigenvalue weighted by molar-refractivity contribution is 0.317. The predicted molar refractivity (Wildman–Crippen MR) is 109 cm³/mol. The first kappa shape index (κ1) is 19.5. The van der Waals surface area contributed by atoms with E-state index >= 15 is 0 Å². The molecule has 0 amide bonds. The van der Waals surface area contributed by atoms with E-state index in [0.29, 0.717) is 6.42 Å². The Labute approximate surface area is 170 Å². The minimum atomic E-state index is -0.577. The van der Waals surface area contributed by atoms with E-state index in [2.05, 4.69) is 26.1 Å². The van der Waals surface area contributed by atoms with Gasteiger partial charge in [-0.1, -0.05) is 69.1 Å². The molecule has 0 saturated heterocycles. The number of pyridine rings is 1. The molecule has 3 rings (SSSR count). The average molecular weight is 448 g/mol. The Balaban J connectivity index is 2.06. The molecule has 3 aromatic rings. The minimum absolute atomic E-state index is 0.114. The molecule has 0 bridgehead atoms. The fourth-order valence-corrected chi connectivity index (χ4v) is 3.53. The molecule has 0 fully saturated rings. The van der Waals surface area contributed by atoms with Gasteiger partial charge in [0.15, 0.2) is 5.82 Å². The average Bonchev–Trinajstić information content (AvgIpc) is 2.67. The van der Waals surface area contributed by atoms with E-state index in [0.717, 1.165) is 27.4 Å². The maximum absolute atomic E-state index is 14.3. The number of aromatic nitrogens is 1. The van der Waals surface area contributed by atoms with E-state index in [4.69, 9.17) is 11.6 Å². The van der Waals surface area contributed by atoms with Crippen LogP contribution >= 0.6 is 27.5 Å². The molecule has 1 heterocycles. The monoisotopic (exact) mass is 446 g/mol. The van der Waals surface area contributed by atoms with Crippen molar-refractivity contribution in [2.24, 2.45) is 5.16 Å². The first-order valence-electron chi connectivity index (χ1n) is 8.33. The maximum atomic E-state index is 14.3. The summed E-state index contributed by atoms with van der Waals surface area (Å²) < 4.78 is 15.2. The molecule has 2 aromatic carbocycles. The summed E-state index contributed by atoms with van der Waals surface area (Å²) in [5.41, 5.74) is 3.59. The first-order chi connectivity index (χ1) is 13.0. The lowest BCUT2D eigenvalue weighted by Crippen LogP contribution is -2.13. The standard InChI is InChI=1S/C21H17BrClFN2O/c1-13-4-2-3-5-16(13)17(14-6-8-15(22)9-7-14)10-20(26-27)18-11-21(23)25-12-19(18)24/h2-9,11-12,17,27H,10H2,1H3/b26-20+. The first-order valence-corrected chi connectivity index (χ1v) is 9.50. The fraction of sp³-hybridized carbons (Fsp3) is 0.143. The number of benzene rings is 2. The Morgan fingerprint density at radius 3 is 2.59 bits per heavy atom. The summed E-state index contributed by atoms with van der Waals surface area (Å²) in [5.74, 6) is -0.692. The van der Waals surface area contributed by atoms with E-state index in [-0.39, 0.29) is 22.3 Å². The summed E-state index contributed by atoms with van der Waals surface area (Å²) in [6, 6.07) is 17.3. The smallest absolute Gasteiger partial charge is 0.150 e. The van der Waals surface area contributed by atoms with Gasteiger partial charge in [0.2, 0.25) is 0 Å². The highest BCUT2D eigenvalue weighted by Gasteiger charge is 2.22. The molecule has 0 spiro atoms. The van der Waals surface area contributed by atoms with Crippen LogP contribution in [0.4, 0.5) is 4.39 Å². The van der Waals surface area contributed by atoms with Crippen LogP contribution in [0.3, 0.4) is 0 Å². The molecule has 0 aliphatic carbocycles. The molecular formula is C21H17BrClFN2O. The Morgan fingerprint density at radius 1 is 1.22 bits per heavy atom. The lowest BCUT2D eigenvalue weighted by Gasteiger charge is -2.21. The third-order valence-corrected chi connectivity index (χ3v) is 5.22. The van der Waals surface area contributed by atoms with Crippen LogP contribution in [-0.2, 0) is 0 Å². The van der Waals surface area contributed by atoms with Gasteiger partial charge in [-0.15, -0.1) is 0 Å². The third-order valence-electron chi connectivity index (χ3n) is 4.49. The summed E-state index contributed by atoms with van der Waals surface area (Å²) in [6.45, 7) is 2.03. The fourth-order valence-electron chi connectivity index (χ4n) is 3.11. The molecule has 0 aliphatic rings. The molecule has 138 valence electrons. The zero-order valence-corrected chi connectivity index (χ0v) is 16.9. The molecule has 3 nitrogen and oxygen atoms in total. The molecule has 6 heteroatoms. The molecule has 1 N–H and O–H groups in total. The number of nitrogens with zero attached hydrogens (tertiary/aromatic N) is 2. The van der Waals surface area contributed by atoms with Gasteiger partial charge in [0.25, 0.3) is 0 Å². The SMILES string of the molecule is Cc1ccccc1C(C/C(=N\O)c1cc(Cl)ncc1F)c1ccc(Br)cc1. The molecule has 27 heavy (non-hydrogen) atoms. The second-order valence-corrected chi connectivity index (χ2v) is 7.50. The van der Waals surface area contributed by atoms with Crippen molar-refractivity contribution in [1.29, 1.82) is 0 Å². The molecule has 0 aliphatic heterocycles. The third kappa shape index (κ3) is 4.54. The number of oxime groups is 1. The summed E-state index contributed by atoms with van der Waals surface area (Å²) in [7, 11) is 0. The number of rotatable bonds is 5. The lowest BCUT2D eigenvalue weighted by atomic mass is 9.83. The van der Waals surface area contributed by atoms with Crippen molar-refractivity contribution >= 4 is 33.2 Å².